The Labute approximate surface area is 188 Å². The highest BCUT2D eigenvalue weighted by Crippen LogP contribution is 2.37. The summed E-state index contributed by atoms with van der Waals surface area (Å²) >= 11 is 0. The van der Waals surface area contributed by atoms with E-state index in [0.29, 0.717) is 28.2 Å². The van der Waals surface area contributed by atoms with E-state index in [0.717, 1.165) is 5.56 Å². The van der Waals surface area contributed by atoms with Gasteiger partial charge >= 0.3 is 0 Å². The number of H-pyrrole nitrogens is 1. The average molecular weight is 445 g/mol. The predicted molar refractivity (Wildman–Crippen MR) is 119 cm³/mol. The number of aryl methyl sites for hydroxylation is 1. The van der Waals surface area contributed by atoms with Crippen LogP contribution >= 0.6 is 0 Å². The smallest absolute Gasteiger partial charge is 0.258 e. The van der Waals surface area contributed by atoms with Crippen molar-refractivity contribution in [2.45, 2.75) is 19.9 Å². The van der Waals surface area contributed by atoms with Crippen LogP contribution in [0.15, 0.2) is 48.5 Å². The highest BCUT2D eigenvalue weighted by Gasteiger charge is 2.33. The maximum Gasteiger partial charge on any atom is 0.258 e. The van der Waals surface area contributed by atoms with Crippen LogP contribution in [-0.2, 0) is 0 Å². The first-order chi connectivity index (χ1) is 16.0. The van der Waals surface area contributed by atoms with Crippen LogP contribution in [0, 0.1) is 12.7 Å². The Morgan fingerprint density at radius 2 is 1.97 bits per heavy atom. The molecule has 0 fully saturated rings. The van der Waals surface area contributed by atoms with E-state index in [1.165, 1.54) is 12.1 Å². The van der Waals surface area contributed by atoms with Crippen LogP contribution in [0.2, 0.25) is 0 Å². The molecule has 3 heterocycles. The van der Waals surface area contributed by atoms with Crippen LogP contribution in [-0.4, -0.2) is 43.2 Å². The third-order valence-electron chi connectivity index (χ3n) is 5.57. The van der Waals surface area contributed by atoms with Crippen LogP contribution < -0.4 is 15.5 Å². The molecular formula is C22H20FN9O. The van der Waals surface area contributed by atoms with Gasteiger partial charge < -0.3 is 10.2 Å². The highest BCUT2D eigenvalue weighted by atomic mass is 19.1. The van der Waals surface area contributed by atoms with Gasteiger partial charge in [0.15, 0.2) is 0 Å². The van der Waals surface area contributed by atoms with Gasteiger partial charge in [-0.1, -0.05) is 35.4 Å². The van der Waals surface area contributed by atoms with Crippen molar-refractivity contribution in [3.05, 3.63) is 71.0 Å². The Morgan fingerprint density at radius 1 is 1.15 bits per heavy atom. The summed E-state index contributed by atoms with van der Waals surface area (Å²) in [7, 11) is 0. The van der Waals surface area contributed by atoms with Crippen molar-refractivity contribution in [2.75, 3.05) is 16.9 Å². The van der Waals surface area contributed by atoms with Crippen LogP contribution in [0.5, 0.6) is 0 Å². The lowest BCUT2D eigenvalue weighted by molar-refractivity contribution is 0.0946. The minimum Gasteiger partial charge on any atom is -0.334 e. The molecule has 5 rings (SSSR count). The van der Waals surface area contributed by atoms with E-state index in [1.54, 1.807) is 13.0 Å². The number of anilines is 3. The average Bonchev–Trinajstić information content (AvgIpc) is 3.32. The fourth-order valence-corrected chi connectivity index (χ4v) is 3.88. The SMILES string of the molecule is Cc1cc(F)ccc1-c1nc(Nc2nnn[nH]2)nc2c1C(=O)NCN2[C@@H](C)c1ccccc1. The molecule has 0 saturated heterocycles. The monoisotopic (exact) mass is 445 g/mol. The van der Waals surface area contributed by atoms with Crippen molar-refractivity contribution in [3.8, 4) is 11.3 Å². The first-order valence-corrected chi connectivity index (χ1v) is 10.3. The maximum absolute atomic E-state index is 13.8. The van der Waals surface area contributed by atoms with E-state index in [2.05, 4.69) is 41.2 Å². The lowest BCUT2D eigenvalue weighted by Gasteiger charge is -2.36. The number of amides is 1. The van der Waals surface area contributed by atoms with Crippen molar-refractivity contribution in [1.29, 1.82) is 0 Å². The number of aromatic nitrogens is 6. The lowest BCUT2D eigenvalue weighted by Crippen LogP contribution is -2.45. The molecule has 166 valence electrons. The van der Waals surface area contributed by atoms with E-state index in [1.807, 2.05) is 42.2 Å². The number of hydrogen-bond acceptors (Lipinski definition) is 8. The van der Waals surface area contributed by atoms with Gasteiger partial charge in [0.2, 0.25) is 11.9 Å². The fourth-order valence-electron chi connectivity index (χ4n) is 3.88. The zero-order valence-corrected chi connectivity index (χ0v) is 17.9. The van der Waals surface area contributed by atoms with E-state index >= 15 is 0 Å². The van der Waals surface area contributed by atoms with Gasteiger partial charge in [0.05, 0.1) is 18.4 Å². The quantitative estimate of drug-likeness (QED) is 0.428. The van der Waals surface area contributed by atoms with Crippen LogP contribution in [0.3, 0.4) is 0 Å². The van der Waals surface area contributed by atoms with Crippen LogP contribution in [0.25, 0.3) is 11.3 Å². The van der Waals surface area contributed by atoms with Gasteiger partial charge in [-0.25, -0.2) is 14.5 Å². The zero-order valence-electron chi connectivity index (χ0n) is 17.9. The molecular weight excluding hydrogens is 425 g/mol. The number of tetrazole rings is 1. The molecule has 0 spiro atoms. The predicted octanol–water partition coefficient (Wildman–Crippen LogP) is 3.12. The number of carbonyl (C=O) groups is 1. The number of nitrogens with one attached hydrogen (secondary N) is 3. The molecule has 0 aliphatic carbocycles. The second-order valence-electron chi connectivity index (χ2n) is 7.65. The first kappa shape index (κ1) is 20.5. The largest absolute Gasteiger partial charge is 0.334 e. The lowest BCUT2D eigenvalue weighted by atomic mass is 9.98. The minimum absolute atomic E-state index is 0.0950. The third kappa shape index (κ3) is 3.84. The van der Waals surface area contributed by atoms with Crippen LogP contribution in [0.4, 0.5) is 22.1 Å². The Kier molecular flexibility index (Phi) is 5.13. The first-order valence-electron chi connectivity index (χ1n) is 10.3. The maximum atomic E-state index is 13.8. The summed E-state index contributed by atoms with van der Waals surface area (Å²) in [5.74, 6) is 0.242. The zero-order chi connectivity index (χ0) is 22.9. The molecule has 2 aromatic carbocycles. The van der Waals surface area contributed by atoms with Gasteiger partial charge in [-0.2, -0.15) is 4.98 Å². The minimum atomic E-state index is -0.367. The van der Waals surface area contributed by atoms with Crippen molar-refractivity contribution >= 4 is 23.6 Å². The number of halogens is 1. The summed E-state index contributed by atoms with van der Waals surface area (Å²) in [6.07, 6.45) is 0. The van der Waals surface area contributed by atoms with Gasteiger partial charge in [0.1, 0.15) is 17.2 Å². The molecule has 11 heteroatoms. The summed E-state index contributed by atoms with van der Waals surface area (Å²) in [5.41, 5.74) is 3.03. The molecule has 2 aromatic heterocycles. The van der Waals surface area contributed by atoms with Crippen molar-refractivity contribution < 1.29 is 9.18 Å². The van der Waals surface area contributed by atoms with E-state index in [4.69, 9.17) is 0 Å². The van der Waals surface area contributed by atoms with Crippen LogP contribution in [0.1, 0.15) is 34.5 Å². The summed E-state index contributed by atoms with van der Waals surface area (Å²) < 4.78 is 13.8. The molecule has 3 N–H and O–H groups in total. The highest BCUT2D eigenvalue weighted by molar-refractivity contribution is 6.06. The second kappa shape index (κ2) is 8.26. The normalized spacial score (nSPS) is 13.9. The van der Waals surface area contributed by atoms with Gasteiger partial charge in [-0.15, -0.1) is 0 Å². The summed E-state index contributed by atoms with van der Waals surface area (Å²) in [6.45, 7) is 4.07. The summed E-state index contributed by atoms with van der Waals surface area (Å²) in [6, 6.07) is 14.2. The molecule has 10 nitrogen and oxygen atoms in total. The Hall–Kier alpha value is -4.41. The fraction of sp³-hybridized carbons (Fsp3) is 0.182. The molecule has 1 amide bonds. The van der Waals surface area contributed by atoms with Crippen molar-refractivity contribution in [3.63, 3.8) is 0 Å². The van der Waals surface area contributed by atoms with Gasteiger partial charge in [-0.05, 0) is 53.6 Å². The standard InChI is InChI=1S/C22H20FN9O/c1-12-10-15(23)8-9-16(12)18-17-19(26-21(25-18)27-22-28-30-31-29-22)32(11-24-20(17)33)13(2)14-6-4-3-5-7-14/h3-10,13H,11H2,1-2H3,(H,24,33)(H2,25,26,27,28,29,30,31)/t13-/m0/s1. The summed E-state index contributed by atoms with van der Waals surface area (Å²) in [4.78, 5) is 24.3. The van der Waals surface area contributed by atoms with Gasteiger partial charge in [-0.3, -0.25) is 10.1 Å². The molecule has 4 aromatic rings. The molecule has 1 aliphatic heterocycles. The molecule has 0 bridgehead atoms. The van der Waals surface area contributed by atoms with E-state index in [9.17, 15) is 9.18 Å². The van der Waals surface area contributed by atoms with Crippen molar-refractivity contribution in [2.24, 2.45) is 0 Å². The Morgan fingerprint density at radius 3 is 2.70 bits per heavy atom. The molecule has 0 unspecified atom stereocenters. The van der Waals surface area contributed by atoms with E-state index in [-0.39, 0.29) is 36.3 Å². The molecule has 1 atom stereocenters. The Bertz CT molecular complexity index is 1310. The molecule has 0 saturated carbocycles. The number of rotatable bonds is 5. The molecule has 1 aliphatic rings. The van der Waals surface area contributed by atoms with E-state index < -0.39 is 0 Å². The number of nitrogens with zero attached hydrogens (tertiary/aromatic N) is 6. The summed E-state index contributed by atoms with van der Waals surface area (Å²) in [5, 5.41) is 19.4. The number of fused-ring (bicyclic) bond motifs is 1. The number of aromatic amines is 1. The number of carbonyl (C=O) groups excluding carboxylic acids is 1. The third-order valence-corrected chi connectivity index (χ3v) is 5.57. The molecule has 0 radical (unpaired) electrons. The number of benzene rings is 2. The van der Waals surface area contributed by atoms with Crippen molar-refractivity contribution in [1.82, 2.24) is 35.9 Å². The topological polar surface area (TPSA) is 125 Å². The number of hydrogen-bond donors (Lipinski definition) is 3. The van der Waals surface area contributed by atoms with Gasteiger partial charge in [0.25, 0.3) is 5.91 Å². The second-order valence-corrected chi connectivity index (χ2v) is 7.65. The van der Waals surface area contributed by atoms with Gasteiger partial charge in [0, 0.05) is 5.56 Å². The molecule has 33 heavy (non-hydrogen) atoms. The Balaban J connectivity index is 1.70.